The number of unbranched alkanes of at least 4 members (excludes halogenated alkanes) is 23. The first-order valence-corrected chi connectivity index (χ1v) is 18.4. The third-order valence-electron chi connectivity index (χ3n) is 8.25. The Morgan fingerprint density at radius 3 is 1.27 bits per heavy atom. The van der Waals surface area contributed by atoms with Crippen LogP contribution in [0.3, 0.4) is 0 Å². The molecule has 0 saturated heterocycles. The number of aliphatic hydroxyl groups is 1. The van der Waals surface area contributed by atoms with Gasteiger partial charge in [0.1, 0.15) is 6.10 Å². The zero-order valence-corrected chi connectivity index (χ0v) is 27.9. The Kier molecular flexibility index (Phi) is 34.7. The lowest BCUT2D eigenvalue weighted by molar-refractivity contribution is 0.0789. The number of hydrogen-bond acceptors (Lipinski definition) is 4. The molecule has 5 nitrogen and oxygen atoms in total. The first-order valence-electron chi connectivity index (χ1n) is 18.4. The van der Waals surface area contributed by atoms with Crippen LogP contribution in [-0.2, 0) is 9.47 Å². The Bertz CT molecular complexity index is 502. The van der Waals surface area contributed by atoms with Gasteiger partial charge in [0.2, 0.25) is 0 Å². The van der Waals surface area contributed by atoms with Crippen molar-refractivity contribution in [2.75, 3.05) is 26.4 Å². The van der Waals surface area contributed by atoms with Gasteiger partial charge in [-0.25, -0.2) is 4.79 Å². The molecule has 41 heavy (non-hydrogen) atoms. The average Bonchev–Trinajstić information content (AvgIpc) is 2.97. The maximum absolute atomic E-state index is 12.4. The highest BCUT2D eigenvalue weighted by Gasteiger charge is 2.14. The van der Waals surface area contributed by atoms with Gasteiger partial charge in [-0.05, 0) is 32.1 Å². The standard InChI is InChI=1S/C36H73NO4/c1-3-5-7-9-11-13-15-16-17-18-19-21-23-25-27-30-35(41-36(39)37-31-28-33-40-34-32-38)29-26-24-22-20-14-12-10-8-6-4-2/h35,38H,3-34H2,1-2H3,(H,37,39). The minimum atomic E-state index is -0.287. The van der Waals surface area contributed by atoms with Crippen molar-refractivity contribution in [2.24, 2.45) is 0 Å². The molecule has 0 aromatic heterocycles. The molecule has 0 aliphatic carbocycles. The van der Waals surface area contributed by atoms with E-state index in [9.17, 15) is 4.79 Å². The summed E-state index contributed by atoms with van der Waals surface area (Å²) in [5, 5.41) is 11.7. The van der Waals surface area contributed by atoms with Gasteiger partial charge < -0.3 is 19.9 Å². The molecule has 1 amide bonds. The fourth-order valence-electron chi connectivity index (χ4n) is 5.59. The van der Waals surface area contributed by atoms with Gasteiger partial charge in [0.05, 0.1) is 13.2 Å². The van der Waals surface area contributed by atoms with E-state index in [4.69, 9.17) is 14.6 Å². The predicted octanol–water partition coefficient (Wildman–Crippen LogP) is 11.1. The van der Waals surface area contributed by atoms with E-state index >= 15 is 0 Å². The van der Waals surface area contributed by atoms with E-state index < -0.39 is 0 Å². The number of aliphatic hydroxyl groups excluding tert-OH is 1. The molecule has 0 bridgehead atoms. The molecule has 2 N–H and O–H groups in total. The Labute approximate surface area is 256 Å². The van der Waals surface area contributed by atoms with E-state index in [0.717, 1.165) is 32.1 Å². The van der Waals surface area contributed by atoms with Crippen molar-refractivity contribution in [3.8, 4) is 0 Å². The maximum Gasteiger partial charge on any atom is 0.407 e. The SMILES string of the molecule is CCCCCCCCCCCCCCCCCC(CCCCCCCCCCCC)OC(=O)NCCCOCCO. The second kappa shape index (κ2) is 35.4. The monoisotopic (exact) mass is 584 g/mol. The summed E-state index contributed by atoms with van der Waals surface area (Å²) in [6.45, 7) is 6.04. The van der Waals surface area contributed by atoms with Crippen LogP contribution < -0.4 is 5.32 Å². The number of hydrogen-bond donors (Lipinski definition) is 2. The molecule has 0 aliphatic heterocycles. The number of amides is 1. The summed E-state index contributed by atoms with van der Waals surface area (Å²) in [4.78, 5) is 12.4. The Morgan fingerprint density at radius 1 is 0.537 bits per heavy atom. The normalized spacial score (nSPS) is 12.1. The Hall–Kier alpha value is -0.810. The van der Waals surface area contributed by atoms with Crippen molar-refractivity contribution in [2.45, 2.75) is 200 Å². The van der Waals surface area contributed by atoms with Crippen molar-refractivity contribution in [3.63, 3.8) is 0 Å². The van der Waals surface area contributed by atoms with Crippen LogP contribution in [0.4, 0.5) is 4.79 Å². The minimum absolute atomic E-state index is 0.0371. The number of carbonyl (C=O) groups excluding carboxylic acids is 1. The zero-order chi connectivity index (χ0) is 29.9. The first kappa shape index (κ1) is 40.2. The number of alkyl carbamates (subject to hydrolysis) is 1. The van der Waals surface area contributed by atoms with Crippen molar-refractivity contribution in [1.82, 2.24) is 5.32 Å². The quantitative estimate of drug-likeness (QED) is 0.0739. The average molecular weight is 584 g/mol. The van der Waals surface area contributed by atoms with E-state index in [1.165, 1.54) is 148 Å². The molecule has 0 spiro atoms. The molecule has 0 rings (SSSR count). The summed E-state index contributed by atoms with van der Waals surface area (Å²) in [5.74, 6) is 0. The first-order chi connectivity index (χ1) is 20.2. The highest BCUT2D eigenvalue weighted by Crippen LogP contribution is 2.18. The minimum Gasteiger partial charge on any atom is -0.446 e. The van der Waals surface area contributed by atoms with Crippen LogP contribution in [0.2, 0.25) is 0 Å². The molecule has 0 aliphatic rings. The van der Waals surface area contributed by atoms with Gasteiger partial charge in [0, 0.05) is 13.2 Å². The van der Waals surface area contributed by atoms with Crippen LogP contribution in [-0.4, -0.2) is 43.7 Å². The second-order valence-electron chi connectivity index (χ2n) is 12.4. The van der Waals surface area contributed by atoms with E-state index in [1.807, 2.05) is 0 Å². The van der Waals surface area contributed by atoms with E-state index in [0.29, 0.717) is 19.8 Å². The van der Waals surface area contributed by atoms with Crippen LogP contribution in [0.15, 0.2) is 0 Å². The molecule has 0 aromatic carbocycles. The summed E-state index contributed by atoms with van der Waals surface area (Å²) in [6, 6.07) is 0. The topological polar surface area (TPSA) is 67.8 Å². The molecule has 0 heterocycles. The summed E-state index contributed by atoms with van der Waals surface area (Å²) in [5.41, 5.74) is 0. The summed E-state index contributed by atoms with van der Waals surface area (Å²) in [7, 11) is 0. The smallest absolute Gasteiger partial charge is 0.407 e. The zero-order valence-electron chi connectivity index (χ0n) is 27.9. The lowest BCUT2D eigenvalue weighted by atomic mass is 10.0. The number of ether oxygens (including phenoxy) is 2. The van der Waals surface area contributed by atoms with Crippen LogP contribution in [0.5, 0.6) is 0 Å². The van der Waals surface area contributed by atoms with Crippen LogP contribution >= 0.6 is 0 Å². The molecule has 0 aromatic rings. The molecule has 0 saturated carbocycles. The van der Waals surface area contributed by atoms with Gasteiger partial charge in [-0.1, -0.05) is 162 Å². The number of carbonyl (C=O) groups is 1. The highest BCUT2D eigenvalue weighted by molar-refractivity contribution is 5.67. The number of nitrogens with one attached hydrogen (secondary N) is 1. The van der Waals surface area contributed by atoms with Gasteiger partial charge in [0.15, 0.2) is 0 Å². The molecule has 5 heteroatoms. The molecule has 1 unspecified atom stereocenters. The molecule has 246 valence electrons. The third-order valence-corrected chi connectivity index (χ3v) is 8.25. The van der Waals surface area contributed by atoms with Crippen LogP contribution in [0.25, 0.3) is 0 Å². The van der Waals surface area contributed by atoms with Crippen molar-refractivity contribution in [1.29, 1.82) is 0 Å². The van der Waals surface area contributed by atoms with E-state index in [-0.39, 0.29) is 18.8 Å². The lowest BCUT2D eigenvalue weighted by Gasteiger charge is -2.18. The molecule has 0 fully saturated rings. The van der Waals surface area contributed by atoms with E-state index in [2.05, 4.69) is 19.2 Å². The lowest BCUT2D eigenvalue weighted by Crippen LogP contribution is -2.30. The van der Waals surface area contributed by atoms with Gasteiger partial charge >= 0.3 is 6.09 Å². The van der Waals surface area contributed by atoms with Gasteiger partial charge in [-0.3, -0.25) is 0 Å². The molecular formula is C36H73NO4. The largest absolute Gasteiger partial charge is 0.446 e. The third kappa shape index (κ3) is 33.6. The fraction of sp³-hybridized carbons (Fsp3) is 0.972. The molecular weight excluding hydrogens is 510 g/mol. The Balaban J connectivity index is 3.95. The molecule has 0 radical (unpaired) electrons. The second-order valence-corrected chi connectivity index (χ2v) is 12.4. The van der Waals surface area contributed by atoms with Crippen molar-refractivity contribution < 1.29 is 19.4 Å². The highest BCUT2D eigenvalue weighted by atomic mass is 16.6. The maximum atomic E-state index is 12.4. The van der Waals surface area contributed by atoms with Gasteiger partial charge in [-0.15, -0.1) is 0 Å². The fourth-order valence-corrected chi connectivity index (χ4v) is 5.59. The van der Waals surface area contributed by atoms with Crippen molar-refractivity contribution >= 4 is 6.09 Å². The molecule has 1 atom stereocenters. The van der Waals surface area contributed by atoms with Crippen LogP contribution in [0.1, 0.15) is 194 Å². The predicted molar refractivity (Wildman–Crippen MR) is 177 cm³/mol. The van der Waals surface area contributed by atoms with Crippen molar-refractivity contribution in [3.05, 3.63) is 0 Å². The summed E-state index contributed by atoms with van der Waals surface area (Å²) < 4.78 is 11.1. The van der Waals surface area contributed by atoms with Gasteiger partial charge in [0.25, 0.3) is 0 Å². The summed E-state index contributed by atoms with van der Waals surface area (Å²) >= 11 is 0. The van der Waals surface area contributed by atoms with Gasteiger partial charge in [-0.2, -0.15) is 0 Å². The summed E-state index contributed by atoms with van der Waals surface area (Å²) in [6.07, 6.45) is 36.3. The van der Waals surface area contributed by atoms with E-state index in [1.54, 1.807) is 0 Å². The van der Waals surface area contributed by atoms with Crippen LogP contribution in [0, 0.1) is 0 Å². The Morgan fingerprint density at radius 2 is 0.902 bits per heavy atom. The number of rotatable bonds is 34.